The summed E-state index contributed by atoms with van der Waals surface area (Å²) in [4.78, 5) is 35.3. The summed E-state index contributed by atoms with van der Waals surface area (Å²) in [6.45, 7) is 0. The molecule has 1 aliphatic carbocycles. The van der Waals surface area contributed by atoms with Crippen LogP contribution in [0.1, 0.15) is 28.8 Å². The first kappa shape index (κ1) is 11.9. The number of carbonyl (C=O) groups excluding carboxylic acids is 3. The van der Waals surface area contributed by atoms with Gasteiger partial charge in [-0.15, -0.1) is 0 Å². The predicted octanol–water partition coefficient (Wildman–Crippen LogP) is 0.677. The van der Waals surface area contributed by atoms with Gasteiger partial charge in [-0.25, -0.2) is 0 Å². The highest BCUT2D eigenvalue weighted by molar-refractivity contribution is 6.07. The Hall–Kier alpha value is -2.17. The van der Waals surface area contributed by atoms with Gasteiger partial charge in [-0.2, -0.15) is 0 Å². The molecule has 2 unspecified atom stereocenters. The molecule has 0 radical (unpaired) electrons. The second-order valence-corrected chi connectivity index (χ2v) is 5.15. The molecular weight excluding hydrogens is 244 g/mol. The van der Waals surface area contributed by atoms with Gasteiger partial charge in [-0.3, -0.25) is 19.7 Å². The van der Waals surface area contributed by atoms with Gasteiger partial charge >= 0.3 is 0 Å². The molecule has 3 rings (SSSR count). The van der Waals surface area contributed by atoms with Crippen molar-refractivity contribution < 1.29 is 14.4 Å². The van der Waals surface area contributed by atoms with Crippen molar-refractivity contribution in [2.24, 2.45) is 11.8 Å². The van der Waals surface area contributed by atoms with Gasteiger partial charge in [0.2, 0.25) is 11.8 Å². The van der Waals surface area contributed by atoms with Crippen LogP contribution < -0.4 is 11.1 Å². The fourth-order valence-electron chi connectivity index (χ4n) is 2.97. The average Bonchev–Trinajstić information content (AvgIpc) is 2.66. The van der Waals surface area contributed by atoms with Crippen molar-refractivity contribution in [2.75, 3.05) is 5.73 Å². The fraction of sp³-hybridized carbons (Fsp3) is 0.357. The van der Waals surface area contributed by atoms with Crippen LogP contribution in [-0.2, 0) is 16.0 Å². The Balaban J connectivity index is 1.87. The van der Waals surface area contributed by atoms with Crippen LogP contribution in [0.5, 0.6) is 0 Å². The Morgan fingerprint density at radius 2 is 1.95 bits per heavy atom. The summed E-state index contributed by atoms with van der Waals surface area (Å²) in [5.41, 5.74) is 7.89. The number of imide groups is 1. The van der Waals surface area contributed by atoms with Crippen molar-refractivity contribution in [2.45, 2.75) is 19.3 Å². The number of piperidine rings is 1. The maximum absolute atomic E-state index is 12.3. The standard InChI is InChI=1S/C14H14N2O3/c15-8-1-2-9-7(5-8)6-11(13(9)18)10-3-4-12(17)16-14(10)19/h1-2,5,10-11H,3-4,6,15H2,(H,16,17,19). The van der Waals surface area contributed by atoms with Crippen molar-refractivity contribution in [1.82, 2.24) is 5.32 Å². The van der Waals surface area contributed by atoms with Gasteiger partial charge < -0.3 is 5.73 Å². The smallest absolute Gasteiger partial charge is 0.230 e. The van der Waals surface area contributed by atoms with E-state index in [1.165, 1.54) is 0 Å². The molecule has 98 valence electrons. The van der Waals surface area contributed by atoms with Crippen molar-refractivity contribution in [3.63, 3.8) is 0 Å². The zero-order valence-electron chi connectivity index (χ0n) is 10.3. The molecule has 0 saturated carbocycles. The van der Waals surface area contributed by atoms with Gasteiger partial charge in [-0.05, 0) is 36.6 Å². The monoisotopic (exact) mass is 258 g/mol. The molecule has 0 aromatic heterocycles. The van der Waals surface area contributed by atoms with Crippen molar-refractivity contribution in [3.05, 3.63) is 29.3 Å². The Labute approximate surface area is 110 Å². The maximum Gasteiger partial charge on any atom is 0.230 e. The Bertz CT molecular complexity index is 594. The van der Waals surface area contributed by atoms with Crippen LogP contribution in [0.15, 0.2) is 18.2 Å². The molecule has 5 heteroatoms. The molecule has 1 aromatic carbocycles. The number of benzene rings is 1. The second-order valence-electron chi connectivity index (χ2n) is 5.15. The van der Waals surface area contributed by atoms with Gasteiger partial charge in [0.1, 0.15) is 0 Å². The third-order valence-electron chi connectivity index (χ3n) is 3.94. The molecule has 1 saturated heterocycles. The van der Waals surface area contributed by atoms with Crippen LogP contribution in [0.4, 0.5) is 5.69 Å². The van der Waals surface area contributed by atoms with Crippen LogP contribution in [0.2, 0.25) is 0 Å². The molecule has 0 bridgehead atoms. The first-order valence-electron chi connectivity index (χ1n) is 6.32. The summed E-state index contributed by atoms with van der Waals surface area (Å²) >= 11 is 0. The second kappa shape index (κ2) is 4.19. The van der Waals surface area contributed by atoms with Gasteiger partial charge in [-0.1, -0.05) is 0 Å². The number of nitrogens with two attached hydrogens (primary N) is 1. The van der Waals surface area contributed by atoms with E-state index in [9.17, 15) is 14.4 Å². The average molecular weight is 258 g/mol. The molecule has 1 aliphatic heterocycles. The highest BCUT2D eigenvalue weighted by Crippen LogP contribution is 2.35. The van der Waals surface area contributed by atoms with Crippen LogP contribution in [0.25, 0.3) is 0 Å². The number of rotatable bonds is 1. The van der Waals surface area contributed by atoms with E-state index in [1.54, 1.807) is 18.2 Å². The third kappa shape index (κ3) is 1.91. The number of ketones is 1. The largest absolute Gasteiger partial charge is 0.399 e. The summed E-state index contributed by atoms with van der Waals surface area (Å²) < 4.78 is 0. The molecule has 1 fully saturated rings. The van der Waals surface area contributed by atoms with Crippen LogP contribution in [0, 0.1) is 11.8 Å². The van der Waals surface area contributed by atoms with Crippen LogP contribution in [0.3, 0.4) is 0 Å². The lowest BCUT2D eigenvalue weighted by molar-refractivity contribution is -0.137. The summed E-state index contributed by atoms with van der Waals surface area (Å²) in [6, 6.07) is 5.21. The molecule has 1 heterocycles. The van der Waals surface area contributed by atoms with Gasteiger partial charge in [0.25, 0.3) is 0 Å². The highest BCUT2D eigenvalue weighted by Gasteiger charge is 2.41. The number of Topliss-reactive ketones (excluding diaryl/α,β-unsaturated/α-hetero) is 1. The molecule has 2 aliphatic rings. The molecule has 2 amide bonds. The topological polar surface area (TPSA) is 89.3 Å². The van der Waals surface area contributed by atoms with Crippen molar-refractivity contribution in [3.8, 4) is 0 Å². The zero-order valence-corrected chi connectivity index (χ0v) is 10.3. The molecule has 0 spiro atoms. The molecule has 5 nitrogen and oxygen atoms in total. The minimum Gasteiger partial charge on any atom is -0.399 e. The minimum absolute atomic E-state index is 0.00972. The first-order valence-corrected chi connectivity index (χ1v) is 6.32. The normalized spacial score (nSPS) is 26.2. The third-order valence-corrected chi connectivity index (χ3v) is 3.94. The van der Waals surface area contributed by atoms with Gasteiger partial charge in [0.05, 0.1) is 0 Å². The summed E-state index contributed by atoms with van der Waals surface area (Å²) in [7, 11) is 0. The maximum atomic E-state index is 12.3. The number of fused-ring (bicyclic) bond motifs is 1. The quantitative estimate of drug-likeness (QED) is 0.572. The first-order chi connectivity index (χ1) is 9.06. The fourth-order valence-corrected chi connectivity index (χ4v) is 2.97. The number of hydrogen-bond donors (Lipinski definition) is 2. The lowest BCUT2D eigenvalue weighted by Crippen LogP contribution is -2.44. The van der Waals surface area contributed by atoms with E-state index in [-0.39, 0.29) is 23.5 Å². The molecule has 2 atom stereocenters. The van der Waals surface area contributed by atoms with E-state index in [1.807, 2.05) is 0 Å². The lowest BCUT2D eigenvalue weighted by Gasteiger charge is -2.24. The number of anilines is 1. The zero-order chi connectivity index (χ0) is 13.6. The molecule has 1 aromatic rings. The Morgan fingerprint density at radius 3 is 2.68 bits per heavy atom. The van der Waals surface area contributed by atoms with Crippen LogP contribution in [-0.4, -0.2) is 17.6 Å². The summed E-state index contributed by atoms with van der Waals surface area (Å²) in [6.07, 6.45) is 1.29. The van der Waals surface area contributed by atoms with E-state index in [0.29, 0.717) is 30.5 Å². The van der Waals surface area contributed by atoms with E-state index in [4.69, 9.17) is 5.73 Å². The molecular formula is C14H14N2O3. The predicted molar refractivity (Wildman–Crippen MR) is 68.3 cm³/mol. The van der Waals surface area contributed by atoms with E-state index < -0.39 is 5.92 Å². The van der Waals surface area contributed by atoms with Crippen molar-refractivity contribution >= 4 is 23.3 Å². The lowest BCUT2D eigenvalue weighted by atomic mass is 9.83. The van der Waals surface area contributed by atoms with Crippen LogP contribution >= 0.6 is 0 Å². The Kier molecular flexibility index (Phi) is 2.62. The molecule has 19 heavy (non-hydrogen) atoms. The summed E-state index contributed by atoms with van der Waals surface area (Å²) in [5, 5.41) is 2.31. The highest BCUT2D eigenvalue weighted by atomic mass is 16.2. The number of carbonyl (C=O) groups is 3. The number of nitrogens with one attached hydrogen (secondary N) is 1. The van der Waals surface area contributed by atoms with Crippen molar-refractivity contribution in [1.29, 1.82) is 0 Å². The summed E-state index contributed by atoms with van der Waals surface area (Å²) in [5.74, 6) is -1.35. The number of amides is 2. The number of hydrogen-bond acceptors (Lipinski definition) is 4. The minimum atomic E-state index is -0.404. The van der Waals surface area contributed by atoms with E-state index >= 15 is 0 Å². The Morgan fingerprint density at radius 1 is 1.16 bits per heavy atom. The van der Waals surface area contributed by atoms with E-state index in [0.717, 1.165) is 5.56 Å². The SMILES string of the molecule is Nc1ccc2c(c1)CC(C1CCC(=O)NC1=O)C2=O. The van der Waals surface area contributed by atoms with E-state index in [2.05, 4.69) is 5.32 Å². The van der Waals surface area contributed by atoms with Gasteiger partial charge in [0.15, 0.2) is 5.78 Å². The van der Waals surface area contributed by atoms with Gasteiger partial charge in [0, 0.05) is 29.5 Å². The molecule has 3 N–H and O–H groups in total. The number of nitrogen functional groups attached to an aromatic ring is 1.